The molecule has 0 radical (unpaired) electrons. The molecule has 0 aliphatic heterocycles. The summed E-state index contributed by atoms with van der Waals surface area (Å²) in [6.07, 6.45) is 1.27. The molecule has 0 bridgehead atoms. The summed E-state index contributed by atoms with van der Waals surface area (Å²) >= 11 is 3.43. The van der Waals surface area contributed by atoms with Crippen molar-refractivity contribution >= 4 is 43.5 Å². The molecule has 0 aromatic heterocycles. The quantitative estimate of drug-likeness (QED) is 0.296. The molecule has 0 aliphatic carbocycles. The molecule has 3 aromatic carbocycles. The zero-order valence-corrected chi connectivity index (χ0v) is 26.2. The van der Waals surface area contributed by atoms with E-state index in [9.17, 15) is 18.0 Å². The first-order chi connectivity index (χ1) is 19.4. The van der Waals surface area contributed by atoms with Gasteiger partial charge >= 0.3 is 0 Å². The zero-order chi connectivity index (χ0) is 30.2. The van der Waals surface area contributed by atoms with Gasteiger partial charge in [0.25, 0.3) is 0 Å². The van der Waals surface area contributed by atoms with E-state index in [2.05, 4.69) is 21.2 Å². The summed E-state index contributed by atoms with van der Waals surface area (Å²) < 4.78 is 38.6. The SMILES string of the molecule is COc1ccc(N(CC(=O)N(Cc2ccc(Br)cc2)[C@@H](Cc2ccccc2)C(=O)NC(C)C)S(C)(=O)=O)c(OC)c1. The second kappa shape index (κ2) is 14.4. The van der Waals surface area contributed by atoms with Crippen molar-refractivity contribution in [3.63, 3.8) is 0 Å². The number of amides is 2. The Labute approximate surface area is 250 Å². The molecule has 41 heavy (non-hydrogen) atoms. The van der Waals surface area contributed by atoms with Crippen LogP contribution in [-0.2, 0) is 32.6 Å². The van der Waals surface area contributed by atoms with Gasteiger partial charge in [-0.1, -0.05) is 58.4 Å². The van der Waals surface area contributed by atoms with Gasteiger partial charge in [0, 0.05) is 29.5 Å². The van der Waals surface area contributed by atoms with Crippen LogP contribution in [0.1, 0.15) is 25.0 Å². The van der Waals surface area contributed by atoms with Crippen molar-refractivity contribution in [2.75, 3.05) is 31.3 Å². The van der Waals surface area contributed by atoms with E-state index in [-0.39, 0.29) is 36.4 Å². The maximum absolute atomic E-state index is 14.2. The van der Waals surface area contributed by atoms with Crippen LogP contribution in [0, 0.1) is 0 Å². The van der Waals surface area contributed by atoms with Gasteiger partial charge in [-0.3, -0.25) is 13.9 Å². The highest BCUT2D eigenvalue weighted by Crippen LogP contribution is 2.34. The largest absolute Gasteiger partial charge is 0.497 e. The predicted molar refractivity (Wildman–Crippen MR) is 164 cm³/mol. The number of benzene rings is 3. The van der Waals surface area contributed by atoms with E-state index in [1.165, 1.54) is 25.2 Å². The molecule has 1 atom stereocenters. The minimum Gasteiger partial charge on any atom is -0.497 e. The molecule has 3 rings (SSSR count). The summed E-state index contributed by atoms with van der Waals surface area (Å²) in [7, 11) is -1.05. The summed E-state index contributed by atoms with van der Waals surface area (Å²) in [6.45, 7) is 3.24. The molecule has 9 nitrogen and oxygen atoms in total. The van der Waals surface area contributed by atoms with Crippen LogP contribution >= 0.6 is 15.9 Å². The van der Waals surface area contributed by atoms with Gasteiger partial charge in [0.05, 0.1) is 26.2 Å². The number of hydrogen-bond acceptors (Lipinski definition) is 6. The summed E-state index contributed by atoms with van der Waals surface area (Å²) in [6, 6.07) is 20.4. The lowest BCUT2D eigenvalue weighted by Gasteiger charge is -2.34. The van der Waals surface area contributed by atoms with Crippen LogP contribution < -0.4 is 19.1 Å². The maximum atomic E-state index is 14.2. The molecule has 0 saturated carbocycles. The van der Waals surface area contributed by atoms with Gasteiger partial charge in [-0.25, -0.2) is 8.42 Å². The van der Waals surface area contributed by atoms with E-state index in [4.69, 9.17) is 9.47 Å². The summed E-state index contributed by atoms with van der Waals surface area (Å²) in [5.74, 6) is -0.186. The summed E-state index contributed by atoms with van der Waals surface area (Å²) in [5.41, 5.74) is 1.82. The fourth-order valence-electron chi connectivity index (χ4n) is 4.31. The maximum Gasteiger partial charge on any atom is 0.244 e. The molecular formula is C30H36BrN3O6S. The van der Waals surface area contributed by atoms with E-state index in [1.807, 2.05) is 68.4 Å². The first-order valence-corrected chi connectivity index (χ1v) is 15.6. The highest BCUT2D eigenvalue weighted by atomic mass is 79.9. The predicted octanol–water partition coefficient (Wildman–Crippen LogP) is 4.40. The van der Waals surface area contributed by atoms with Crippen molar-refractivity contribution in [1.29, 1.82) is 0 Å². The minimum atomic E-state index is -3.94. The average molecular weight is 647 g/mol. The van der Waals surface area contributed by atoms with Crippen molar-refractivity contribution in [3.05, 3.63) is 88.4 Å². The summed E-state index contributed by atoms with van der Waals surface area (Å²) in [4.78, 5) is 29.2. The Kier molecular flexibility index (Phi) is 11.2. The van der Waals surface area contributed by atoms with Crippen LogP contribution in [0.25, 0.3) is 0 Å². The molecule has 2 amide bonds. The number of rotatable bonds is 13. The number of anilines is 1. The molecule has 0 heterocycles. The second-order valence-electron chi connectivity index (χ2n) is 9.82. The molecule has 0 unspecified atom stereocenters. The number of nitrogens with one attached hydrogen (secondary N) is 1. The lowest BCUT2D eigenvalue weighted by molar-refractivity contribution is -0.140. The first kappa shape index (κ1) is 32.0. The smallest absolute Gasteiger partial charge is 0.244 e. The Morgan fingerprint density at radius 1 is 0.927 bits per heavy atom. The van der Waals surface area contributed by atoms with Gasteiger partial charge in [-0.2, -0.15) is 0 Å². The van der Waals surface area contributed by atoms with Crippen molar-refractivity contribution in [1.82, 2.24) is 10.2 Å². The van der Waals surface area contributed by atoms with Crippen LogP contribution in [0.4, 0.5) is 5.69 Å². The van der Waals surface area contributed by atoms with E-state index >= 15 is 0 Å². The number of ether oxygens (including phenoxy) is 2. The number of methoxy groups -OCH3 is 2. The molecule has 0 saturated heterocycles. The zero-order valence-electron chi connectivity index (χ0n) is 23.8. The van der Waals surface area contributed by atoms with Gasteiger partial charge in [0.1, 0.15) is 24.1 Å². The van der Waals surface area contributed by atoms with E-state index in [0.29, 0.717) is 5.75 Å². The van der Waals surface area contributed by atoms with Crippen molar-refractivity contribution in [2.24, 2.45) is 0 Å². The fourth-order valence-corrected chi connectivity index (χ4v) is 5.42. The molecular weight excluding hydrogens is 610 g/mol. The number of sulfonamides is 1. The normalized spacial score (nSPS) is 12.0. The standard InChI is InChI=1S/C30H36BrN3O6S/c1-21(2)32-30(36)27(17-22-9-7-6-8-10-22)33(19-23-11-13-24(31)14-12-23)29(35)20-34(41(5,37)38)26-16-15-25(39-3)18-28(26)40-4/h6-16,18,21,27H,17,19-20H2,1-5H3,(H,32,36)/t27-/m0/s1. The van der Waals surface area contributed by atoms with E-state index < -0.39 is 28.5 Å². The second-order valence-corrected chi connectivity index (χ2v) is 12.6. The van der Waals surface area contributed by atoms with E-state index in [0.717, 1.165) is 26.2 Å². The fraction of sp³-hybridized carbons (Fsp3) is 0.333. The van der Waals surface area contributed by atoms with Crippen molar-refractivity contribution in [2.45, 2.75) is 38.9 Å². The number of halogens is 1. The number of carbonyl (C=O) groups is 2. The van der Waals surface area contributed by atoms with Crippen LogP contribution in [0.5, 0.6) is 11.5 Å². The Hall–Kier alpha value is -3.57. The third-order valence-corrected chi connectivity index (χ3v) is 7.96. The number of hydrogen-bond donors (Lipinski definition) is 1. The molecule has 0 spiro atoms. The van der Waals surface area contributed by atoms with Crippen LogP contribution in [0.3, 0.4) is 0 Å². The Morgan fingerprint density at radius 3 is 2.15 bits per heavy atom. The van der Waals surface area contributed by atoms with Crippen LogP contribution in [-0.4, -0.2) is 64.2 Å². The minimum absolute atomic E-state index is 0.0898. The average Bonchev–Trinajstić information content (AvgIpc) is 2.93. The Morgan fingerprint density at radius 2 is 1.59 bits per heavy atom. The van der Waals surface area contributed by atoms with Crippen molar-refractivity contribution < 1.29 is 27.5 Å². The molecule has 220 valence electrons. The number of nitrogens with zero attached hydrogens (tertiary/aromatic N) is 2. The molecule has 0 fully saturated rings. The molecule has 3 aromatic rings. The van der Waals surface area contributed by atoms with Gasteiger partial charge in [0.15, 0.2) is 0 Å². The highest BCUT2D eigenvalue weighted by Gasteiger charge is 2.34. The molecule has 11 heteroatoms. The third kappa shape index (κ3) is 8.96. The highest BCUT2D eigenvalue weighted by molar-refractivity contribution is 9.10. The number of carbonyl (C=O) groups excluding carboxylic acids is 2. The Bertz CT molecular complexity index is 1430. The summed E-state index contributed by atoms with van der Waals surface area (Å²) in [5, 5.41) is 2.93. The topological polar surface area (TPSA) is 105 Å². The van der Waals surface area contributed by atoms with Gasteiger partial charge in [-0.15, -0.1) is 0 Å². The monoisotopic (exact) mass is 645 g/mol. The van der Waals surface area contributed by atoms with Crippen LogP contribution in [0.2, 0.25) is 0 Å². The van der Waals surface area contributed by atoms with Gasteiger partial charge in [-0.05, 0) is 49.2 Å². The Balaban J connectivity index is 2.08. The van der Waals surface area contributed by atoms with Gasteiger partial charge in [0.2, 0.25) is 21.8 Å². The first-order valence-electron chi connectivity index (χ1n) is 13.0. The van der Waals surface area contributed by atoms with Crippen LogP contribution in [0.15, 0.2) is 77.3 Å². The van der Waals surface area contributed by atoms with Gasteiger partial charge < -0.3 is 19.7 Å². The molecule has 1 N–H and O–H groups in total. The van der Waals surface area contributed by atoms with E-state index in [1.54, 1.807) is 12.1 Å². The lowest BCUT2D eigenvalue weighted by atomic mass is 10.0. The third-order valence-electron chi connectivity index (χ3n) is 6.30. The lowest BCUT2D eigenvalue weighted by Crippen LogP contribution is -2.54. The molecule has 0 aliphatic rings. The van der Waals surface area contributed by atoms with Crippen molar-refractivity contribution in [3.8, 4) is 11.5 Å².